The van der Waals surface area contributed by atoms with Gasteiger partial charge in [-0.05, 0) is 26.3 Å². The van der Waals surface area contributed by atoms with Crippen molar-refractivity contribution in [1.82, 2.24) is 5.32 Å². The highest BCUT2D eigenvalue weighted by Gasteiger charge is 2.06. The first-order valence-electron chi connectivity index (χ1n) is 5.33. The minimum Gasteiger partial charge on any atom is -0.309 e. The van der Waals surface area contributed by atoms with Crippen LogP contribution in [0, 0.1) is 24.2 Å². The number of hydrogen-bond donors (Lipinski definition) is 1. The quantitative estimate of drug-likeness (QED) is 0.815. The number of rotatable bonds is 4. The van der Waals surface area contributed by atoms with Gasteiger partial charge in [0.05, 0.1) is 12.0 Å². The fourth-order valence-electron chi connectivity index (χ4n) is 1.37. The molecule has 0 radical (unpaired) electrons. The fraction of sp³-hybridized carbons (Fsp3) is 0.462. The van der Waals surface area contributed by atoms with Gasteiger partial charge in [0, 0.05) is 12.6 Å². The van der Waals surface area contributed by atoms with Crippen LogP contribution in [-0.2, 0) is 0 Å². The predicted molar refractivity (Wildman–Crippen MR) is 62.4 cm³/mol. The highest BCUT2D eigenvalue weighted by Crippen LogP contribution is 2.13. The van der Waals surface area contributed by atoms with E-state index in [2.05, 4.69) is 49.5 Å². The molecule has 0 fully saturated rings. The lowest BCUT2D eigenvalue weighted by Gasteiger charge is -2.15. The van der Waals surface area contributed by atoms with Gasteiger partial charge in [0.25, 0.3) is 0 Å². The normalized spacial score (nSPS) is 14.3. The van der Waals surface area contributed by atoms with Crippen molar-refractivity contribution < 1.29 is 0 Å². The second-order valence-corrected chi connectivity index (χ2v) is 4.07. The summed E-state index contributed by atoms with van der Waals surface area (Å²) in [6.45, 7) is 6.87. The van der Waals surface area contributed by atoms with Gasteiger partial charge in [0.2, 0.25) is 0 Å². The molecule has 0 saturated heterocycles. The molecule has 0 spiro atoms. The first kappa shape index (κ1) is 11.7. The number of hydrogen-bond acceptors (Lipinski definition) is 2. The van der Waals surface area contributed by atoms with Crippen molar-refractivity contribution in [1.29, 1.82) is 5.26 Å². The Kier molecular flexibility index (Phi) is 4.33. The summed E-state index contributed by atoms with van der Waals surface area (Å²) in [7, 11) is 0. The molecule has 1 N–H and O–H groups in total. The molecule has 0 bridgehead atoms. The van der Waals surface area contributed by atoms with Gasteiger partial charge in [-0.2, -0.15) is 5.26 Å². The Morgan fingerprint density at radius 2 is 1.87 bits per heavy atom. The molecule has 2 atom stereocenters. The highest BCUT2D eigenvalue weighted by molar-refractivity contribution is 5.23. The third-order valence-corrected chi connectivity index (χ3v) is 2.53. The third kappa shape index (κ3) is 3.73. The monoisotopic (exact) mass is 202 g/mol. The number of nitriles is 1. The average Bonchev–Trinajstić information content (AvgIpc) is 2.26. The molecule has 0 aliphatic heterocycles. The van der Waals surface area contributed by atoms with Gasteiger partial charge in [0.15, 0.2) is 0 Å². The van der Waals surface area contributed by atoms with Gasteiger partial charge < -0.3 is 5.32 Å². The van der Waals surface area contributed by atoms with Crippen LogP contribution >= 0.6 is 0 Å². The van der Waals surface area contributed by atoms with Crippen LogP contribution in [0.1, 0.15) is 31.0 Å². The predicted octanol–water partition coefficient (Wildman–Crippen LogP) is 2.81. The maximum atomic E-state index is 8.66. The second-order valence-electron chi connectivity index (χ2n) is 4.07. The molecule has 80 valence electrons. The summed E-state index contributed by atoms with van der Waals surface area (Å²) in [6, 6.07) is 11.0. The molecule has 2 heteroatoms. The van der Waals surface area contributed by atoms with Crippen LogP contribution in [-0.4, -0.2) is 6.54 Å². The van der Waals surface area contributed by atoms with Crippen LogP contribution in [0.2, 0.25) is 0 Å². The van der Waals surface area contributed by atoms with Gasteiger partial charge in [-0.25, -0.2) is 0 Å². The maximum Gasteiger partial charge on any atom is 0.0666 e. The van der Waals surface area contributed by atoms with E-state index in [0.29, 0.717) is 6.04 Å². The number of nitrogens with zero attached hydrogens (tertiary/aromatic N) is 1. The summed E-state index contributed by atoms with van der Waals surface area (Å²) >= 11 is 0. The smallest absolute Gasteiger partial charge is 0.0666 e. The summed E-state index contributed by atoms with van der Waals surface area (Å²) in [5.74, 6) is 0.0675. The van der Waals surface area contributed by atoms with Crippen LogP contribution in [0.4, 0.5) is 0 Å². The van der Waals surface area contributed by atoms with Crippen molar-refractivity contribution in [2.45, 2.75) is 26.8 Å². The summed E-state index contributed by atoms with van der Waals surface area (Å²) < 4.78 is 0. The third-order valence-electron chi connectivity index (χ3n) is 2.53. The zero-order valence-electron chi connectivity index (χ0n) is 9.62. The molecule has 0 aliphatic rings. The summed E-state index contributed by atoms with van der Waals surface area (Å²) in [4.78, 5) is 0. The lowest BCUT2D eigenvalue weighted by atomic mass is 10.1. The minimum absolute atomic E-state index is 0.0675. The zero-order valence-corrected chi connectivity index (χ0v) is 9.62. The first-order chi connectivity index (χ1) is 7.13. The van der Waals surface area contributed by atoms with Crippen molar-refractivity contribution in [2.75, 3.05) is 6.54 Å². The summed E-state index contributed by atoms with van der Waals surface area (Å²) in [6.07, 6.45) is 0. The van der Waals surface area contributed by atoms with Crippen LogP contribution in [0.5, 0.6) is 0 Å². The SMILES string of the molecule is Cc1ccc([C@@H](C)NCC(C)C#N)cc1. The molecule has 0 aromatic heterocycles. The lowest BCUT2D eigenvalue weighted by Crippen LogP contribution is -2.23. The molecule has 1 aromatic rings. The van der Waals surface area contributed by atoms with Crippen LogP contribution in [0.25, 0.3) is 0 Å². The topological polar surface area (TPSA) is 35.8 Å². The Labute approximate surface area is 91.9 Å². The largest absolute Gasteiger partial charge is 0.309 e. The van der Waals surface area contributed by atoms with E-state index in [9.17, 15) is 0 Å². The van der Waals surface area contributed by atoms with E-state index in [-0.39, 0.29) is 5.92 Å². The van der Waals surface area contributed by atoms with Crippen LogP contribution in [0.15, 0.2) is 24.3 Å². The number of nitrogens with one attached hydrogen (secondary N) is 1. The zero-order chi connectivity index (χ0) is 11.3. The molecule has 1 unspecified atom stereocenters. The molecule has 2 nitrogen and oxygen atoms in total. The Balaban J connectivity index is 2.51. The fourth-order valence-corrected chi connectivity index (χ4v) is 1.37. The van der Waals surface area contributed by atoms with Gasteiger partial charge in [0.1, 0.15) is 0 Å². The Morgan fingerprint density at radius 1 is 1.27 bits per heavy atom. The van der Waals surface area contributed by atoms with E-state index < -0.39 is 0 Å². The maximum absolute atomic E-state index is 8.66. The molecule has 0 heterocycles. The Hall–Kier alpha value is -1.33. The summed E-state index contributed by atoms with van der Waals surface area (Å²) in [5.41, 5.74) is 2.54. The molecule has 0 amide bonds. The van der Waals surface area contributed by atoms with Crippen molar-refractivity contribution in [3.05, 3.63) is 35.4 Å². The van der Waals surface area contributed by atoms with Gasteiger partial charge in [-0.1, -0.05) is 29.8 Å². The second kappa shape index (κ2) is 5.53. The Morgan fingerprint density at radius 3 is 2.40 bits per heavy atom. The highest BCUT2D eigenvalue weighted by atomic mass is 14.9. The molecular formula is C13H18N2. The van der Waals surface area contributed by atoms with E-state index in [1.807, 2.05) is 6.92 Å². The number of benzene rings is 1. The van der Waals surface area contributed by atoms with Crippen molar-refractivity contribution in [3.63, 3.8) is 0 Å². The standard InChI is InChI=1S/C13H18N2/c1-10-4-6-13(7-5-10)12(3)15-9-11(2)8-14/h4-7,11-12,15H,9H2,1-3H3/t11?,12-/m1/s1. The minimum atomic E-state index is 0.0675. The molecule has 0 saturated carbocycles. The first-order valence-corrected chi connectivity index (χ1v) is 5.33. The number of aryl methyl sites for hydroxylation is 1. The van der Waals surface area contributed by atoms with E-state index in [0.717, 1.165) is 6.54 Å². The Bertz CT molecular complexity index is 335. The van der Waals surface area contributed by atoms with E-state index in [4.69, 9.17) is 5.26 Å². The van der Waals surface area contributed by atoms with Crippen LogP contribution in [0.3, 0.4) is 0 Å². The molecular weight excluding hydrogens is 184 g/mol. The average molecular weight is 202 g/mol. The van der Waals surface area contributed by atoms with Crippen molar-refractivity contribution in [3.8, 4) is 6.07 Å². The molecule has 1 rings (SSSR count). The van der Waals surface area contributed by atoms with Gasteiger partial charge in [-0.15, -0.1) is 0 Å². The van der Waals surface area contributed by atoms with Crippen LogP contribution < -0.4 is 5.32 Å². The summed E-state index contributed by atoms with van der Waals surface area (Å²) in [5, 5.41) is 12.0. The van der Waals surface area contributed by atoms with E-state index >= 15 is 0 Å². The van der Waals surface area contributed by atoms with E-state index in [1.165, 1.54) is 11.1 Å². The van der Waals surface area contributed by atoms with Gasteiger partial charge >= 0.3 is 0 Å². The van der Waals surface area contributed by atoms with Gasteiger partial charge in [-0.3, -0.25) is 0 Å². The van der Waals surface area contributed by atoms with E-state index in [1.54, 1.807) is 0 Å². The lowest BCUT2D eigenvalue weighted by molar-refractivity contribution is 0.528. The van der Waals surface area contributed by atoms with Crippen molar-refractivity contribution in [2.24, 2.45) is 5.92 Å². The molecule has 0 aliphatic carbocycles. The molecule has 15 heavy (non-hydrogen) atoms. The molecule has 1 aromatic carbocycles. The van der Waals surface area contributed by atoms with Crippen molar-refractivity contribution >= 4 is 0 Å².